The summed E-state index contributed by atoms with van der Waals surface area (Å²) in [6, 6.07) is 7.38. The predicted octanol–water partition coefficient (Wildman–Crippen LogP) is 0.764. The van der Waals surface area contributed by atoms with Gasteiger partial charge in [0.25, 0.3) is 0 Å². The van der Waals surface area contributed by atoms with Gasteiger partial charge in [-0.15, -0.1) is 0 Å². The van der Waals surface area contributed by atoms with Gasteiger partial charge in [-0.2, -0.15) is 0 Å². The van der Waals surface area contributed by atoms with Crippen LogP contribution in [-0.4, -0.2) is 38.6 Å². The molecule has 1 aromatic carbocycles. The van der Waals surface area contributed by atoms with Gasteiger partial charge in [-0.25, -0.2) is 4.79 Å². The molecule has 0 radical (unpaired) electrons. The summed E-state index contributed by atoms with van der Waals surface area (Å²) in [5, 5.41) is 7.97. The fourth-order valence-corrected chi connectivity index (χ4v) is 2.08. The van der Waals surface area contributed by atoms with Gasteiger partial charge in [0.2, 0.25) is 5.91 Å². The summed E-state index contributed by atoms with van der Waals surface area (Å²) < 4.78 is 0. The normalized spacial score (nSPS) is 13.8. The molecule has 3 amide bonds. The first kappa shape index (κ1) is 13.2. The van der Waals surface area contributed by atoms with Gasteiger partial charge in [-0.1, -0.05) is 12.1 Å². The Kier molecular flexibility index (Phi) is 4.22. The molecule has 1 heterocycles. The van der Waals surface area contributed by atoms with E-state index in [0.29, 0.717) is 0 Å². The Bertz CT molecular complexity index is 475. The topological polar surface area (TPSA) is 73.5 Å². The summed E-state index contributed by atoms with van der Waals surface area (Å²) in [7, 11) is 1.48. The zero-order valence-electron chi connectivity index (χ0n) is 10.9. The number of carbonyl (C=O) groups is 2. The number of carbonyl (C=O) groups excluding carboxylic acids is 2. The van der Waals surface area contributed by atoms with Crippen LogP contribution in [0.15, 0.2) is 24.3 Å². The van der Waals surface area contributed by atoms with Gasteiger partial charge < -0.3 is 15.5 Å². The van der Waals surface area contributed by atoms with E-state index >= 15 is 0 Å². The lowest BCUT2D eigenvalue weighted by molar-refractivity contribution is -0.118. The second-order valence-corrected chi connectivity index (χ2v) is 4.35. The highest BCUT2D eigenvalue weighted by atomic mass is 16.2. The van der Waals surface area contributed by atoms with Crippen LogP contribution in [0.5, 0.6) is 0 Å². The number of fused-ring (bicyclic) bond motifs is 1. The highest BCUT2D eigenvalue weighted by Crippen LogP contribution is 2.27. The largest absolute Gasteiger partial charge is 0.383 e. The van der Waals surface area contributed by atoms with Crippen LogP contribution in [0.3, 0.4) is 0 Å². The van der Waals surface area contributed by atoms with Crippen LogP contribution < -0.4 is 20.9 Å². The molecular weight excluding hydrogens is 244 g/mol. The van der Waals surface area contributed by atoms with Crippen molar-refractivity contribution in [3.63, 3.8) is 0 Å². The maximum Gasteiger partial charge on any atom is 0.321 e. The van der Waals surface area contributed by atoms with Crippen LogP contribution in [0.25, 0.3) is 0 Å². The summed E-state index contributed by atoms with van der Waals surface area (Å²) in [5.74, 6) is -0.309. The molecule has 0 unspecified atom stereocenters. The Labute approximate surface area is 112 Å². The monoisotopic (exact) mass is 262 g/mol. The van der Waals surface area contributed by atoms with Crippen LogP contribution in [-0.2, 0) is 4.79 Å². The van der Waals surface area contributed by atoms with E-state index in [2.05, 4.69) is 16.0 Å². The first-order chi connectivity index (χ1) is 9.20. The molecule has 0 atom stereocenters. The van der Waals surface area contributed by atoms with Crippen molar-refractivity contribution in [3.05, 3.63) is 24.3 Å². The maximum atomic E-state index is 11.8. The van der Waals surface area contributed by atoms with Crippen molar-refractivity contribution in [1.82, 2.24) is 10.6 Å². The van der Waals surface area contributed by atoms with Crippen molar-refractivity contribution < 1.29 is 9.59 Å². The number of hydrogen-bond donors (Lipinski definition) is 3. The highest BCUT2D eigenvalue weighted by molar-refractivity contribution is 5.96. The summed E-state index contributed by atoms with van der Waals surface area (Å²) in [6.07, 6.45) is 0.946. The van der Waals surface area contributed by atoms with E-state index in [9.17, 15) is 9.59 Å². The van der Waals surface area contributed by atoms with E-state index in [-0.39, 0.29) is 12.5 Å². The second-order valence-electron chi connectivity index (χ2n) is 4.35. The minimum Gasteiger partial charge on any atom is -0.383 e. The Hall–Kier alpha value is -2.24. The van der Waals surface area contributed by atoms with Crippen molar-refractivity contribution in [3.8, 4) is 0 Å². The SMILES string of the molecule is CNC(=O)NC(=O)CN1CCCNc2ccccc21. The minimum absolute atomic E-state index is 0.173. The molecule has 2 rings (SSSR count). The number of imide groups is 1. The fourth-order valence-electron chi connectivity index (χ4n) is 2.08. The third kappa shape index (κ3) is 3.37. The first-order valence-corrected chi connectivity index (χ1v) is 6.30. The number of rotatable bonds is 2. The molecular formula is C13H18N4O2. The molecule has 1 aliphatic rings. The molecule has 0 saturated carbocycles. The van der Waals surface area contributed by atoms with Crippen molar-refractivity contribution in [1.29, 1.82) is 0 Å². The quantitative estimate of drug-likeness (QED) is 0.736. The molecule has 0 spiro atoms. The minimum atomic E-state index is -0.480. The molecule has 1 aliphatic heterocycles. The molecule has 6 nitrogen and oxygen atoms in total. The Balaban J connectivity index is 2.07. The summed E-state index contributed by atoms with van der Waals surface area (Å²) in [6.45, 7) is 1.84. The zero-order valence-corrected chi connectivity index (χ0v) is 10.9. The van der Waals surface area contributed by atoms with E-state index in [1.165, 1.54) is 7.05 Å². The van der Waals surface area contributed by atoms with Crippen LogP contribution in [0.2, 0.25) is 0 Å². The summed E-state index contributed by atoms with van der Waals surface area (Å²) >= 11 is 0. The number of amides is 3. The van der Waals surface area contributed by atoms with Crippen molar-refractivity contribution >= 4 is 23.3 Å². The van der Waals surface area contributed by atoms with Crippen molar-refractivity contribution in [2.75, 3.05) is 36.9 Å². The average molecular weight is 262 g/mol. The molecule has 0 fully saturated rings. The van der Waals surface area contributed by atoms with Crippen LogP contribution in [0, 0.1) is 0 Å². The van der Waals surface area contributed by atoms with Crippen LogP contribution in [0.1, 0.15) is 6.42 Å². The van der Waals surface area contributed by atoms with Crippen molar-refractivity contribution in [2.24, 2.45) is 0 Å². The third-order valence-electron chi connectivity index (χ3n) is 2.98. The van der Waals surface area contributed by atoms with E-state index in [1.54, 1.807) is 0 Å². The predicted molar refractivity (Wildman–Crippen MR) is 74.4 cm³/mol. The van der Waals surface area contributed by atoms with E-state index in [0.717, 1.165) is 30.9 Å². The lowest BCUT2D eigenvalue weighted by Crippen LogP contribution is -2.43. The van der Waals surface area contributed by atoms with Gasteiger partial charge >= 0.3 is 6.03 Å². The smallest absolute Gasteiger partial charge is 0.321 e. The van der Waals surface area contributed by atoms with Crippen LogP contribution in [0.4, 0.5) is 16.2 Å². The first-order valence-electron chi connectivity index (χ1n) is 6.30. The standard InChI is InChI=1S/C13H18N4O2/c1-14-13(19)16-12(18)9-17-8-4-7-15-10-5-2-3-6-11(10)17/h2-3,5-6,15H,4,7-9H2,1H3,(H2,14,16,18,19). The summed E-state index contributed by atoms with van der Waals surface area (Å²) in [5.41, 5.74) is 2.01. The van der Waals surface area contributed by atoms with Gasteiger partial charge in [0.15, 0.2) is 0 Å². The highest BCUT2D eigenvalue weighted by Gasteiger charge is 2.17. The maximum absolute atomic E-state index is 11.8. The molecule has 0 saturated heterocycles. The fraction of sp³-hybridized carbons (Fsp3) is 0.385. The molecule has 6 heteroatoms. The number of para-hydroxylation sites is 2. The number of urea groups is 1. The molecule has 19 heavy (non-hydrogen) atoms. The number of nitrogens with one attached hydrogen (secondary N) is 3. The second kappa shape index (κ2) is 6.08. The Morgan fingerprint density at radius 1 is 1.37 bits per heavy atom. The molecule has 0 bridgehead atoms. The number of hydrogen-bond acceptors (Lipinski definition) is 4. The number of benzene rings is 1. The lowest BCUT2D eigenvalue weighted by Gasteiger charge is -2.23. The molecule has 0 aromatic heterocycles. The zero-order chi connectivity index (χ0) is 13.7. The lowest BCUT2D eigenvalue weighted by atomic mass is 10.2. The van der Waals surface area contributed by atoms with E-state index < -0.39 is 6.03 Å². The summed E-state index contributed by atoms with van der Waals surface area (Å²) in [4.78, 5) is 24.9. The number of anilines is 2. The van der Waals surface area contributed by atoms with Gasteiger partial charge in [0, 0.05) is 20.1 Å². The molecule has 1 aromatic rings. The van der Waals surface area contributed by atoms with E-state index in [1.807, 2.05) is 29.2 Å². The molecule has 102 valence electrons. The average Bonchev–Trinajstić information content (AvgIpc) is 2.61. The van der Waals surface area contributed by atoms with Crippen LogP contribution >= 0.6 is 0 Å². The van der Waals surface area contributed by atoms with Gasteiger partial charge in [-0.05, 0) is 18.6 Å². The molecule has 0 aliphatic carbocycles. The van der Waals surface area contributed by atoms with Gasteiger partial charge in [0.05, 0.1) is 17.9 Å². The molecule has 3 N–H and O–H groups in total. The van der Waals surface area contributed by atoms with Gasteiger partial charge in [0.1, 0.15) is 0 Å². The number of nitrogens with zero attached hydrogens (tertiary/aromatic N) is 1. The third-order valence-corrected chi connectivity index (χ3v) is 2.98. The van der Waals surface area contributed by atoms with Crippen molar-refractivity contribution in [2.45, 2.75) is 6.42 Å². The van der Waals surface area contributed by atoms with Gasteiger partial charge in [-0.3, -0.25) is 10.1 Å². The van der Waals surface area contributed by atoms with E-state index in [4.69, 9.17) is 0 Å². The Morgan fingerprint density at radius 2 is 2.16 bits per heavy atom. The Morgan fingerprint density at radius 3 is 2.95 bits per heavy atom.